The molecule has 19 heavy (non-hydrogen) atoms. The van der Waals surface area contributed by atoms with E-state index in [0.29, 0.717) is 6.42 Å². The molecule has 0 bridgehead atoms. The van der Waals surface area contributed by atoms with E-state index in [-0.39, 0.29) is 17.9 Å². The minimum absolute atomic E-state index is 0.0214. The van der Waals surface area contributed by atoms with Gasteiger partial charge in [0, 0.05) is 12.3 Å². The Labute approximate surface area is 118 Å². The molecular formula is C16H32F2O. The number of unbranched alkanes of at least 4 members (excludes halogenated alkanes) is 2. The van der Waals surface area contributed by atoms with E-state index in [0.717, 1.165) is 25.9 Å². The summed E-state index contributed by atoms with van der Waals surface area (Å²) in [4.78, 5) is 0. The van der Waals surface area contributed by atoms with Gasteiger partial charge in [-0.05, 0) is 32.1 Å². The van der Waals surface area contributed by atoms with Gasteiger partial charge in [-0.3, -0.25) is 0 Å². The number of rotatable bonds is 10. The molecule has 0 radical (unpaired) electrons. The highest BCUT2D eigenvalue weighted by Gasteiger charge is 2.32. The molecule has 0 saturated carbocycles. The Bertz CT molecular complexity index is 235. The second-order valence-electron chi connectivity index (χ2n) is 7.00. The second kappa shape index (κ2) is 8.18. The van der Waals surface area contributed by atoms with Crippen LogP contribution in [0.3, 0.4) is 0 Å². The van der Waals surface area contributed by atoms with Crippen molar-refractivity contribution in [2.45, 2.75) is 85.7 Å². The molecule has 0 saturated heterocycles. The molecule has 0 aliphatic carbocycles. The Balaban J connectivity index is 3.74. The van der Waals surface area contributed by atoms with Crippen LogP contribution in [0.5, 0.6) is 0 Å². The van der Waals surface area contributed by atoms with E-state index in [1.54, 1.807) is 13.8 Å². The number of alkyl halides is 2. The molecule has 0 spiro atoms. The summed E-state index contributed by atoms with van der Waals surface area (Å²) in [6.45, 7) is 12.3. The standard InChI is InChI=1S/C16H32F2O/c1-13(2)16(17,18)11-9-7-8-10-15(5,6)12-19-14(3)4/h13-14H,7-12H2,1-6H3. The van der Waals surface area contributed by atoms with Gasteiger partial charge in [0.05, 0.1) is 12.7 Å². The van der Waals surface area contributed by atoms with Gasteiger partial charge in [-0.1, -0.05) is 40.5 Å². The predicted octanol–water partition coefficient (Wildman–Crippen LogP) is 5.68. The molecule has 0 atom stereocenters. The average molecular weight is 278 g/mol. The predicted molar refractivity (Wildman–Crippen MR) is 77.7 cm³/mol. The number of halogens is 2. The van der Waals surface area contributed by atoms with Crippen LogP contribution in [-0.4, -0.2) is 18.6 Å². The van der Waals surface area contributed by atoms with Gasteiger partial charge in [-0.15, -0.1) is 0 Å². The summed E-state index contributed by atoms with van der Waals surface area (Å²) >= 11 is 0. The Morgan fingerprint density at radius 2 is 1.42 bits per heavy atom. The fourth-order valence-electron chi connectivity index (χ4n) is 1.89. The van der Waals surface area contributed by atoms with Gasteiger partial charge < -0.3 is 4.74 Å². The molecule has 0 unspecified atom stereocenters. The molecule has 116 valence electrons. The van der Waals surface area contributed by atoms with Crippen LogP contribution < -0.4 is 0 Å². The van der Waals surface area contributed by atoms with Crippen molar-refractivity contribution in [2.24, 2.45) is 11.3 Å². The summed E-state index contributed by atoms with van der Waals surface area (Å²) in [5, 5.41) is 0. The van der Waals surface area contributed by atoms with Crippen molar-refractivity contribution in [1.82, 2.24) is 0 Å². The smallest absolute Gasteiger partial charge is 0.250 e. The molecular weight excluding hydrogens is 246 g/mol. The van der Waals surface area contributed by atoms with Crippen molar-refractivity contribution in [3.05, 3.63) is 0 Å². The normalized spacial score (nSPS) is 13.6. The molecule has 1 nitrogen and oxygen atoms in total. The van der Waals surface area contributed by atoms with Crippen LogP contribution in [-0.2, 0) is 4.74 Å². The molecule has 3 heteroatoms. The van der Waals surface area contributed by atoms with Crippen molar-refractivity contribution in [3.63, 3.8) is 0 Å². The zero-order valence-corrected chi connectivity index (χ0v) is 13.6. The van der Waals surface area contributed by atoms with Crippen LogP contribution in [0.1, 0.15) is 73.6 Å². The van der Waals surface area contributed by atoms with Crippen molar-refractivity contribution >= 4 is 0 Å². The third-order valence-electron chi connectivity index (χ3n) is 3.52. The molecule has 0 aliphatic heterocycles. The lowest BCUT2D eigenvalue weighted by molar-refractivity contribution is -0.0542. The minimum Gasteiger partial charge on any atom is -0.378 e. The van der Waals surface area contributed by atoms with Crippen molar-refractivity contribution in [2.75, 3.05) is 6.61 Å². The number of hydrogen-bond donors (Lipinski definition) is 0. The summed E-state index contributed by atoms with van der Waals surface area (Å²) in [6.07, 6.45) is 3.81. The van der Waals surface area contributed by atoms with E-state index in [1.807, 2.05) is 13.8 Å². The summed E-state index contributed by atoms with van der Waals surface area (Å²) in [7, 11) is 0. The largest absolute Gasteiger partial charge is 0.378 e. The Morgan fingerprint density at radius 3 is 1.89 bits per heavy atom. The highest BCUT2D eigenvalue weighted by atomic mass is 19.3. The van der Waals surface area contributed by atoms with Gasteiger partial charge in [-0.25, -0.2) is 8.78 Å². The minimum atomic E-state index is -2.50. The third kappa shape index (κ3) is 9.37. The van der Waals surface area contributed by atoms with Crippen molar-refractivity contribution in [3.8, 4) is 0 Å². The number of ether oxygens (including phenoxy) is 1. The molecule has 0 fully saturated rings. The van der Waals surface area contributed by atoms with Gasteiger partial charge in [0.1, 0.15) is 0 Å². The van der Waals surface area contributed by atoms with Crippen LogP contribution in [0.15, 0.2) is 0 Å². The Morgan fingerprint density at radius 1 is 0.895 bits per heavy atom. The van der Waals surface area contributed by atoms with E-state index in [1.165, 1.54) is 0 Å². The van der Waals surface area contributed by atoms with Gasteiger partial charge in [0.15, 0.2) is 0 Å². The lowest BCUT2D eigenvalue weighted by Crippen LogP contribution is -2.23. The highest BCUT2D eigenvalue weighted by molar-refractivity contribution is 4.71. The molecule has 0 aliphatic rings. The van der Waals surface area contributed by atoms with E-state index in [4.69, 9.17) is 4.74 Å². The zero-order chi connectivity index (χ0) is 15.1. The molecule has 0 aromatic heterocycles. The lowest BCUT2D eigenvalue weighted by Gasteiger charge is -2.26. The van der Waals surface area contributed by atoms with Crippen LogP contribution in [0.4, 0.5) is 8.78 Å². The monoisotopic (exact) mass is 278 g/mol. The fourth-order valence-corrected chi connectivity index (χ4v) is 1.89. The first-order valence-corrected chi connectivity index (χ1v) is 7.56. The summed E-state index contributed by atoms with van der Waals surface area (Å²) in [6, 6.07) is 0. The molecule has 0 aromatic rings. The molecule has 0 amide bonds. The van der Waals surface area contributed by atoms with Crippen LogP contribution in [0.25, 0.3) is 0 Å². The van der Waals surface area contributed by atoms with E-state index >= 15 is 0 Å². The Hall–Kier alpha value is -0.180. The van der Waals surface area contributed by atoms with Crippen molar-refractivity contribution < 1.29 is 13.5 Å². The first kappa shape index (κ1) is 18.8. The zero-order valence-electron chi connectivity index (χ0n) is 13.6. The van der Waals surface area contributed by atoms with E-state index in [2.05, 4.69) is 13.8 Å². The van der Waals surface area contributed by atoms with E-state index in [9.17, 15) is 8.78 Å². The number of hydrogen-bond acceptors (Lipinski definition) is 1. The molecule has 0 N–H and O–H groups in total. The van der Waals surface area contributed by atoms with Gasteiger partial charge in [0.2, 0.25) is 5.92 Å². The van der Waals surface area contributed by atoms with E-state index < -0.39 is 11.8 Å². The molecule has 0 aromatic carbocycles. The second-order valence-corrected chi connectivity index (χ2v) is 7.00. The maximum absolute atomic E-state index is 13.4. The van der Waals surface area contributed by atoms with Gasteiger partial charge >= 0.3 is 0 Å². The third-order valence-corrected chi connectivity index (χ3v) is 3.52. The Kier molecular flexibility index (Phi) is 8.11. The van der Waals surface area contributed by atoms with Gasteiger partial charge in [0.25, 0.3) is 0 Å². The molecule has 0 heterocycles. The fraction of sp³-hybridized carbons (Fsp3) is 1.00. The van der Waals surface area contributed by atoms with Crippen LogP contribution in [0.2, 0.25) is 0 Å². The summed E-state index contributed by atoms with van der Waals surface area (Å²) < 4.78 is 32.4. The summed E-state index contributed by atoms with van der Waals surface area (Å²) in [5.74, 6) is -3.06. The first-order valence-electron chi connectivity index (χ1n) is 7.56. The van der Waals surface area contributed by atoms with Crippen LogP contribution in [0, 0.1) is 11.3 Å². The molecule has 0 rings (SSSR count). The maximum atomic E-state index is 13.4. The highest BCUT2D eigenvalue weighted by Crippen LogP contribution is 2.31. The van der Waals surface area contributed by atoms with Crippen molar-refractivity contribution in [1.29, 1.82) is 0 Å². The average Bonchev–Trinajstić information content (AvgIpc) is 2.25. The van der Waals surface area contributed by atoms with Crippen LogP contribution >= 0.6 is 0 Å². The lowest BCUT2D eigenvalue weighted by atomic mass is 9.87. The maximum Gasteiger partial charge on any atom is 0.250 e. The SMILES string of the molecule is CC(C)OCC(C)(C)CCCCCC(F)(F)C(C)C. The first-order chi connectivity index (χ1) is 8.57. The summed E-state index contributed by atoms with van der Waals surface area (Å²) in [5.41, 5.74) is 0.144. The van der Waals surface area contributed by atoms with Gasteiger partial charge in [-0.2, -0.15) is 0 Å². The topological polar surface area (TPSA) is 9.23 Å². The quantitative estimate of drug-likeness (QED) is 0.467.